The Morgan fingerprint density at radius 2 is 1.85 bits per heavy atom. The quantitative estimate of drug-likeness (QED) is 0.599. The molecule has 26 heavy (non-hydrogen) atoms. The van der Waals surface area contributed by atoms with Crippen molar-refractivity contribution in [3.63, 3.8) is 0 Å². The third-order valence-corrected chi connectivity index (χ3v) is 4.21. The number of benzene rings is 1. The lowest BCUT2D eigenvalue weighted by Gasteiger charge is -2.25. The average molecular weight is 355 g/mol. The van der Waals surface area contributed by atoms with Gasteiger partial charge >= 0.3 is 0 Å². The van der Waals surface area contributed by atoms with Crippen molar-refractivity contribution in [1.29, 1.82) is 0 Å². The minimum atomic E-state index is -0.433. The highest BCUT2D eigenvalue weighted by molar-refractivity contribution is 5.92. The Balaban J connectivity index is 2.56. The van der Waals surface area contributed by atoms with Gasteiger partial charge in [-0.1, -0.05) is 43.5 Å². The number of likely N-dealkylation sites (N-methyl/N-ethyl adjacent to an activating group) is 1. The molecule has 5 heteroatoms. The molecule has 1 aromatic carbocycles. The van der Waals surface area contributed by atoms with Crippen molar-refractivity contribution >= 4 is 11.8 Å². The van der Waals surface area contributed by atoms with Crippen LogP contribution < -0.4 is 11.1 Å². The summed E-state index contributed by atoms with van der Waals surface area (Å²) in [6.07, 6.45) is 7.12. The Hall–Kier alpha value is -2.66. The molecule has 1 rings (SSSR count). The topological polar surface area (TPSA) is 75.4 Å². The van der Waals surface area contributed by atoms with Crippen molar-refractivity contribution in [2.75, 3.05) is 20.6 Å². The number of hydrogen-bond donors (Lipinski definition) is 2. The van der Waals surface area contributed by atoms with E-state index >= 15 is 0 Å². The Labute approximate surface area is 156 Å². The molecule has 0 saturated heterocycles. The molecule has 140 valence electrons. The Bertz CT molecular complexity index is 660. The molecule has 1 unspecified atom stereocenters. The zero-order chi connectivity index (χ0) is 19.5. The van der Waals surface area contributed by atoms with E-state index in [0.717, 1.165) is 17.6 Å². The summed E-state index contributed by atoms with van der Waals surface area (Å²) in [6.45, 7) is 7.94. The molecule has 0 radical (unpaired) electrons. The Kier molecular flexibility index (Phi) is 9.09. The molecule has 0 spiro atoms. The van der Waals surface area contributed by atoms with Crippen LogP contribution >= 0.6 is 0 Å². The van der Waals surface area contributed by atoms with E-state index in [2.05, 4.69) is 23.4 Å². The number of carbonyl (C=O) groups excluding carboxylic acids is 2. The van der Waals surface area contributed by atoms with Crippen molar-refractivity contribution in [2.24, 2.45) is 5.73 Å². The average Bonchev–Trinajstić information content (AvgIpc) is 2.62. The molecule has 0 aliphatic heterocycles. The van der Waals surface area contributed by atoms with Crippen LogP contribution in [-0.4, -0.2) is 43.4 Å². The maximum atomic E-state index is 12.1. The van der Waals surface area contributed by atoms with Gasteiger partial charge in [0.25, 0.3) is 0 Å². The van der Waals surface area contributed by atoms with Crippen LogP contribution in [0.1, 0.15) is 28.8 Å². The third kappa shape index (κ3) is 7.49. The zero-order valence-electron chi connectivity index (χ0n) is 15.7. The van der Waals surface area contributed by atoms with E-state index in [1.165, 1.54) is 0 Å². The molecular formula is C21H29N3O2. The second-order valence-corrected chi connectivity index (χ2v) is 6.37. The van der Waals surface area contributed by atoms with Gasteiger partial charge in [-0.15, -0.1) is 0 Å². The van der Waals surface area contributed by atoms with Crippen LogP contribution in [0.25, 0.3) is 0 Å². The molecular weight excluding hydrogens is 326 g/mol. The number of nitrogens with one attached hydrogen (secondary N) is 1. The fourth-order valence-corrected chi connectivity index (χ4v) is 2.50. The molecule has 3 N–H and O–H groups in total. The van der Waals surface area contributed by atoms with E-state index in [1.54, 1.807) is 24.3 Å². The summed E-state index contributed by atoms with van der Waals surface area (Å²) in [5.41, 5.74) is 7.84. The van der Waals surface area contributed by atoms with E-state index in [1.807, 2.05) is 32.3 Å². The first-order chi connectivity index (χ1) is 12.4. The molecule has 0 heterocycles. The maximum absolute atomic E-state index is 12.1. The first kappa shape index (κ1) is 21.4. The van der Waals surface area contributed by atoms with Gasteiger partial charge in [-0.3, -0.25) is 9.59 Å². The van der Waals surface area contributed by atoms with Crippen molar-refractivity contribution in [3.8, 4) is 0 Å². The Morgan fingerprint density at radius 3 is 2.35 bits per heavy atom. The van der Waals surface area contributed by atoms with Crippen LogP contribution in [-0.2, 0) is 11.2 Å². The standard InChI is InChI=1S/C21H29N3O2/c1-5-7-16(6-2)10-13-20(25)23-15-19(24(3)4)14-17-8-11-18(12-9-17)21(22)26/h5-9,11-12,19H,1-2,10,13-15H2,3-4H3,(H2,22,26)(H,23,25)/b16-7+. The summed E-state index contributed by atoms with van der Waals surface area (Å²) in [5, 5.41) is 2.99. The number of amides is 2. The van der Waals surface area contributed by atoms with E-state index in [9.17, 15) is 9.59 Å². The number of hydrogen-bond acceptors (Lipinski definition) is 3. The van der Waals surface area contributed by atoms with Crippen LogP contribution in [0.5, 0.6) is 0 Å². The highest BCUT2D eigenvalue weighted by atomic mass is 16.1. The zero-order valence-corrected chi connectivity index (χ0v) is 15.7. The molecule has 1 atom stereocenters. The summed E-state index contributed by atoms with van der Waals surface area (Å²) in [7, 11) is 3.97. The lowest BCUT2D eigenvalue weighted by atomic mass is 10.0. The van der Waals surface area contributed by atoms with Crippen molar-refractivity contribution in [3.05, 3.63) is 72.4 Å². The van der Waals surface area contributed by atoms with Crippen LogP contribution in [0.4, 0.5) is 0 Å². The van der Waals surface area contributed by atoms with E-state index in [0.29, 0.717) is 24.9 Å². The highest BCUT2D eigenvalue weighted by Gasteiger charge is 2.14. The van der Waals surface area contributed by atoms with Gasteiger partial charge in [0.2, 0.25) is 11.8 Å². The molecule has 2 amide bonds. The fourth-order valence-electron chi connectivity index (χ4n) is 2.50. The maximum Gasteiger partial charge on any atom is 0.248 e. The van der Waals surface area contributed by atoms with E-state index in [-0.39, 0.29) is 11.9 Å². The molecule has 0 aromatic heterocycles. The highest BCUT2D eigenvalue weighted by Crippen LogP contribution is 2.10. The summed E-state index contributed by atoms with van der Waals surface area (Å²) >= 11 is 0. The summed E-state index contributed by atoms with van der Waals surface area (Å²) in [5.74, 6) is -0.421. The van der Waals surface area contributed by atoms with Gasteiger partial charge in [-0.05, 0) is 50.2 Å². The van der Waals surface area contributed by atoms with Gasteiger partial charge in [-0.2, -0.15) is 0 Å². The van der Waals surface area contributed by atoms with Gasteiger partial charge in [-0.25, -0.2) is 0 Å². The number of primary amides is 1. The van der Waals surface area contributed by atoms with Crippen LogP contribution in [0.3, 0.4) is 0 Å². The molecule has 0 fully saturated rings. The van der Waals surface area contributed by atoms with Gasteiger partial charge in [0, 0.05) is 24.6 Å². The lowest BCUT2D eigenvalue weighted by Crippen LogP contribution is -2.41. The normalized spacial score (nSPS) is 12.5. The molecule has 1 aromatic rings. The van der Waals surface area contributed by atoms with Crippen LogP contribution in [0.2, 0.25) is 0 Å². The Morgan fingerprint density at radius 1 is 1.19 bits per heavy atom. The number of nitrogens with zero attached hydrogens (tertiary/aromatic N) is 1. The predicted octanol–water partition coefficient (Wildman–Crippen LogP) is 2.45. The fraction of sp³-hybridized carbons (Fsp3) is 0.333. The van der Waals surface area contributed by atoms with Gasteiger partial charge in [0.1, 0.15) is 0 Å². The van der Waals surface area contributed by atoms with Gasteiger partial charge < -0.3 is 16.0 Å². The second-order valence-electron chi connectivity index (χ2n) is 6.37. The third-order valence-electron chi connectivity index (χ3n) is 4.21. The minimum absolute atomic E-state index is 0.0118. The first-order valence-electron chi connectivity index (χ1n) is 8.63. The predicted molar refractivity (Wildman–Crippen MR) is 107 cm³/mol. The summed E-state index contributed by atoms with van der Waals surface area (Å²) in [4.78, 5) is 25.3. The number of nitrogens with two attached hydrogens (primary N) is 1. The van der Waals surface area contributed by atoms with Crippen molar-refractivity contribution in [1.82, 2.24) is 10.2 Å². The molecule has 0 aliphatic carbocycles. The molecule has 5 nitrogen and oxygen atoms in total. The van der Waals surface area contributed by atoms with E-state index in [4.69, 9.17) is 5.73 Å². The number of allylic oxidation sites excluding steroid dienone is 4. The number of carbonyl (C=O) groups is 2. The van der Waals surface area contributed by atoms with Crippen molar-refractivity contribution in [2.45, 2.75) is 25.3 Å². The van der Waals surface area contributed by atoms with Crippen molar-refractivity contribution < 1.29 is 9.59 Å². The summed E-state index contributed by atoms with van der Waals surface area (Å²) < 4.78 is 0. The van der Waals surface area contributed by atoms with E-state index < -0.39 is 5.91 Å². The smallest absolute Gasteiger partial charge is 0.248 e. The van der Waals surface area contributed by atoms with Crippen LogP contribution in [0.15, 0.2) is 61.2 Å². The molecule has 0 aliphatic rings. The molecule has 0 saturated carbocycles. The number of rotatable bonds is 11. The SMILES string of the molecule is C=C/C=C(\C=C)CCC(=O)NCC(Cc1ccc(C(N)=O)cc1)N(C)C. The van der Waals surface area contributed by atoms with Gasteiger partial charge in [0.05, 0.1) is 0 Å². The van der Waals surface area contributed by atoms with Gasteiger partial charge in [0.15, 0.2) is 0 Å². The lowest BCUT2D eigenvalue weighted by molar-refractivity contribution is -0.121. The second kappa shape index (κ2) is 11.1. The minimum Gasteiger partial charge on any atom is -0.366 e. The largest absolute Gasteiger partial charge is 0.366 e. The van der Waals surface area contributed by atoms with Crippen LogP contribution in [0, 0.1) is 0 Å². The monoisotopic (exact) mass is 355 g/mol. The first-order valence-corrected chi connectivity index (χ1v) is 8.63. The molecule has 0 bridgehead atoms. The summed E-state index contributed by atoms with van der Waals surface area (Å²) in [6, 6.07) is 7.40.